The quantitative estimate of drug-likeness (QED) is 0.794. The van der Waals surface area contributed by atoms with Crippen LogP contribution < -0.4 is 10.2 Å². The van der Waals surface area contributed by atoms with E-state index in [0.717, 1.165) is 25.5 Å². The first-order chi connectivity index (χ1) is 11.9. The maximum absolute atomic E-state index is 12.8. The second-order valence-electron chi connectivity index (χ2n) is 6.75. The van der Waals surface area contributed by atoms with E-state index in [1.807, 2.05) is 9.80 Å². The molecular weight excluding hydrogens is 402 g/mol. The van der Waals surface area contributed by atoms with E-state index in [1.165, 1.54) is 18.6 Å². The fourth-order valence-corrected chi connectivity index (χ4v) is 3.55. The first-order valence-corrected chi connectivity index (χ1v) is 8.87. The molecule has 2 aliphatic rings. The number of piperazine rings is 1. The van der Waals surface area contributed by atoms with Gasteiger partial charge in [0.1, 0.15) is 0 Å². The van der Waals surface area contributed by atoms with Gasteiger partial charge in [-0.15, -0.1) is 24.8 Å². The van der Waals surface area contributed by atoms with Crippen molar-refractivity contribution in [3.05, 3.63) is 29.8 Å². The van der Waals surface area contributed by atoms with Gasteiger partial charge >= 0.3 is 6.18 Å². The third kappa shape index (κ3) is 6.43. The lowest BCUT2D eigenvalue weighted by Crippen LogP contribution is -2.49. The number of anilines is 1. The summed E-state index contributed by atoms with van der Waals surface area (Å²) < 4.78 is 38.5. The molecule has 0 aromatic heterocycles. The maximum Gasteiger partial charge on any atom is 0.416 e. The predicted octanol–water partition coefficient (Wildman–Crippen LogP) is 3.73. The van der Waals surface area contributed by atoms with E-state index in [4.69, 9.17) is 0 Å². The Morgan fingerprint density at radius 2 is 1.85 bits per heavy atom. The molecular formula is C18H26Cl2F3N3O. The van der Waals surface area contributed by atoms with E-state index in [9.17, 15) is 18.0 Å². The molecule has 0 radical (unpaired) electrons. The molecule has 9 heteroatoms. The van der Waals surface area contributed by atoms with Gasteiger partial charge < -0.3 is 15.1 Å². The highest BCUT2D eigenvalue weighted by Gasteiger charge is 2.31. The number of nitrogens with zero attached hydrogens (tertiary/aromatic N) is 2. The van der Waals surface area contributed by atoms with E-state index in [-0.39, 0.29) is 30.7 Å². The molecule has 1 aromatic rings. The van der Waals surface area contributed by atoms with Crippen LogP contribution in [-0.2, 0) is 11.0 Å². The number of hydrogen-bond acceptors (Lipinski definition) is 3. The van der Waals surface area contributed by atoms with Gasteiger partial charge in [0.25, 0.3) is 0 Å². The van der Waals surface area contributed by atoms with E-state index >= 15 is 0 Å². The highest BCUT2D eigenvalue weighted by Crippen LogP contribution is 2.31. The third-order valence-electron chi connectivity index (χ3n) is 5.04. The van der Waals surface area contributed by atoms with Gasteiger partial charge in [0.2, 0.25) is 5.91 Å². The summed E-state index contributed by atoms with van der Waals surface area (Å²) in [5.74, 6) is 0.150. The average molecular weight is 428 g/mol. The summed E-state index contributed by atoms with van der Waals surface area (Å²) in [6.07, 6.45) is -0.610. The second kappa shape index (κ2) is 10.4. The van der Waals surface area contributed by atoms with Crippen LogP contribution in [0.2, 0.25) is 0 Å². The van der Waals surface area contributed by atoms with Gasteiger partial charge in [0, 0.05) is 44.3 Å². The van der Waals surface area contributed by atoms with Crippen molar-refractivity contribution in [1.29, 1.82) is 0 Å². The van der Waals surface area contributed by atoms with Crippen LogP contribution >= 0.6 is 24.8 Å². The summed E-state index contributed by atoms with van der Waals surface area (Å²) in [4.78, 5) is 16.1. The van der Waals surface area contributed by atoms with E-state index in [0.29, 0.717) is 44.3 Å². The lowest BCUT2D eigenvalue weighted by Gasteiger charge is -2.36. The predicted molar refractivity (Wildman–Crippen MR) is 105 cm³/mol. The highest BCUT2D eigenvalue weighted by molar-refractivity contribution is 5.85. The van der Waals surface area contributed by atoms with Gasteiger partial charge in [0.05, 0.1) is 5.56 Å². The number of rotatable bonds is 4. The molecule has 1 amide bonds. The topological polar surface area (TPSA) is 35.6 Å². The average Bonchev–Trinajstić information content (AvgIpc) is 3.13. The summed E-state index contributed by atoms with van der Waals surface area (Å²) in [6.45, 7) is 3.29. The molecule has 154 valence electrons. The van der Waals surface area contributed by atoms with Crippen LogP contribution in [0.1, 0.15) is 31.2 Å². The third-order valence-corrected chi connectivity index (χ3v) is 5.04. The van der Waals surface area contributed by atoms with Crippen molar-refractivity contribution in [2.75, 3.05) is 37.6 Å². The summed E-state index contributed by atoms with van der Waals surface area (Å²) in [6, 6.07) is 5.85. The molecule has 1 atom stereocenters. The number of benzene rings is 1. The number of alkyl halides is 3. The largest absolute Gasteiger partial charge is 0.416 e. The zero-order chi connectivity index (χ0) is 17.9. The lowest BCUT2D eigenvalue weighted by atomic mass is 10.1. The lowest BCUT2D eigenvalue weighted by molar-refractivity contribution is -0.137. The van der Waals surface area contributed by atoms with Crippen LogP contribution in [0.15, 0.2) is 24.3 Å². The Balaban J connectivity index is 0.00000182. The van der Waals surface area contributed by atoms with E-state index < -0.39 is 11.7 Å². The molecule has 27 heavy (non-hydrogen) atoms. The number of carbonyl (C=O) groups excluding carboxylic acids is 1. The molecule has 0 aliphatic carbocycles. The van der Waals surface area contributed by atoms with Crippen molar-refractivity contribution in [3.63, 3.8) is 0 Å². The van der Waals surface area contributed by atoms with Crippen molar-refractivity contribution in [2.24, 2.45) is 0 Å². The molecule has 1 aromatic carbocycles. The molecule has 1 N–H and O–H groups in total. The molecule has 2 saturated heterocycles. The SMILES string of the molecule is Cl.Cl.O=C(CCC1CCCN1)N1CCN(c2cccc(C(F)(F)F)c2)CC1. The van der Waals surface area contributed by atoms with Gasteiger partial charge in [-0.05, 0) is 44.0 Å². The fourth-order valence-electron chi connectivity index (χ4n) is 3.55. The molecule has 1 unspecified atom stereocenters. The van der Waals surface area contributed by atoms with Crippen LogP contribution in [0, 0.1) is 0 Å². The Morgan fingerprint density at radius 1 is 1.15 bits per heavy atom. The summed E-state index contributed by atoms with van der Waals surface area (Å²) in [5, 5.41) is 3.39. The van der Waals surface area contributed by atoms with Gasteiger partial charge in [-0.3, -0.25) is 4.79 Å². The van der Waals surface area contributed by atoms with Crippen molar-refractivity contribution < 1.29 is 18.0 Å². The molecule has 0 saturated carbocycles. The van der Waals surface area contributed by atoms with E-state index in [1.54, 1.807) is 6.07 Å². The Kier molecular flexibility index (Phi) is 9.18. The fraction of sp³-hybridized carbons (Fsp3) is 0.611. The monoisotopic (exact) mass is 427 g/mol. The van der Waals surface area contributed by atoms with Crippen LogP contribution in [-0.4, -0.2) is 49.6 Å². The number of amides is 1. The number of nitrogens with one attached hydrogen (secondary N) is 1. The Hall–Kier alpha value is -1.18. The number of hydrogen-bond donors (Lipinski definition) is 1. The summed E-state index contributed by atoms with van der Waals surface area (Å²) >= 11 is 0. The van der Waals surface area contributed by atoms with Crippen LogP contribution in [0.4, 0.5) is 18.9 Å². The Labute approximate surface area is 170 Å². The molecule has 2 aliphatic heterocycles. The van der Waals surface area contributed by atoms with Gasteiger partial charge in [-0.1, -0.05) is 6.07 Å². The Bertz CT molecular complexity index is 602. The zero-order valence-corrected chi connectivity index (χ0v) is 16.6. The minimum Gasteiger partial charge on any atom is -0.368 e. The van der Waals surface area contributed by atoms with Gasteiger partial charge in [0.15, 0.2) is 0 Å². The molecule has 2 fully saturated rings. The molecule has 0 bridgehead atoms. The van der Waals surface area contributed by atoms with Gasteiger partial charge in [-0.25, -0.2) is 0 Å². The normalized spacial score (nSPS) is 20.0. The van der Waals surface area contributed by atoms with Crippen molar-refractivity contribution >= 4 is 36.4 Å². The second-order valence-corrected chi connectivity index (χ2v) is 6.75. The first-order valence-electron chi connectivity index (χ1n) is 8.87. The highest BCUT2D eigenvalue weighted by atomic mass is 35.5. The standard InChI is InChI=1S/C18H24F3N3O.2ClH/c19-18(20,21)14-3-1-5-16(13-14)23-9-11-24(12-10-23)17(25)7-6-15-4-2-8-22-15;;/h1,3,5,13,15,22H,2,4,6-12H2;2*1H. The first kappa shape index (κ1) is 23.9. The van der Waals surface area contributed by atoms with Crippen LogP contribution in [0.25, 0.3) is 0 Å². The summed E-state index contributed by atoms with van der Waals surface area (Å²) in [7, 11) is 0. The zero-order valence-electron chi connectivity index (χ0n) is 15.0. The molecule has 2 heterocycles. The number of carbonyl (C=O) groups is 1. The maximum atomic E-state index is 12.8. The minimum absolute atomic E-state index is 0. The van der Waals surface area contributed by atoms with Gasteiger partial charge in [-0.2, -0.15) is 13.2 Å². The smallest absolute Gasteiger partial charge is 0.368 e. The van der Waals surface area contributed by atoms with Crippen molar-refractivity contribution in [1.82, 2.24) is 10.2 Å². The summed E-state index contributed by atoms with van der Waals surface area (Å²) in [5.41, 5.74) is -0.0651. The van der Waals surface area contributed by atoms with Crippen molar-refractivity contribution in [3.8, 4) is 0 Å². The Morgan fingerprint density at radius 3 is 2.44 bits per heavy atom. The molecule has 3 rings (SSSR count). The van der Waals surface area contributed by atoms with Crippen LogP contribution in [0.5, 0.6) is 0 Å². The van der Waals surface area contributed by atoms with E-state index in [2.05, 4.69) is 5.32 Å². The van der Waals surface area contributed by atoms with Crippen molar-refractivity contribution in [2.45, 2.75) is 37.9 Å². The molecule has 4 nitrogen and oxygen atoms in total. The molecule has 0 spiro atoms. The number of halogens is 5. The minimum atomic E-state index is -4.33. The van der Waals surface area contributed by atoms with Crippen LogP contribution in [0.3, 0.4) is 0 Å².